The molecule has 0 radical (unpaired) electrons. The number of rotatable bonds is 3. The third kappa shape index (κ3) is 2.54. The van der Waals surface area contributed by atoms with E-state index in [-0.39, 0.29) is 6.17 Å². The number of hydrazine groups is 1. The van der Waals surface area contributed by atoms with Crippen LogP contribution in [0.5, 0.6) is 0 Å². The van der Waals surface area contributed by atoms with E-state index in [1.807, 2.05) is 6.92 Å². The van der Waals surface area contributed by atoms with Crippen molar-refractivity contribution in [3.8, 4) is 0 Å². The molecule has 82 valence electrons. The Labute approximate surface area is 86.5 Å². The van der Waals surface area contributed by atoms with Gasteiger partial charge in [0, 0.05) is 18.6 Å². The first-order valence-electron chi connectivity index (χ1n) is 5.20. The fourth-order valence-electron chi connectivity index (χ4n) is 1.76. The van der Waals surface area contributed by atoms with Gasteiger partial charge in [0.25, 0.3) is 0 Å². The molecule has 3 atom stereocenters. The van der Waals surface area contributed by atoms with Crippen LogP contribution in [0.1, 0.15) is 20.8 Å². The first kappa shape index (κ1) is 11.7. The highest BCUT2D eigenvalue weighted by Crippen LogP contribution is 2.15. The lowest BCUT2D eigenvalue weighted by atomic mass is 9.99. The average Bonchev–Trinajstić information content (AvgIpc) is 2.16. The standard InChI is InChI=1S/C10H22N4/c1-7-10(5-6-12-13-7)8(2)14(4)9(3)11/h5,7-9,12-13H,6,11H2,1-4H3. The fourth-order valence-corrected chi connectivity index (χ4v) is 1.76. The molecule has 1 heterocycles. The zero-order valence-electron chi connectivity index (χ0n) is 9.54. The number of nitrogens with zero attached hydrogens (tertiary/aromatic N) is 1. The Morgan fingerprint density at radius 3 is 2.71 bits per heavy atom. The normalized spacial score (nSPS) is 27.3. The first-order valence-corrected chi connectivity index (χ1v) is 5.20. The molecule has 0 saturated heterocycles. The van der Waals surface area contributed by atoms with E-state index in [9.17, 15) is 0 Å². The van der Waals surface area contributed by atoms with Gasteiger partial charge in [-0.05, 0) is 33.4 Å². The van der Waals surface area contributed by atoms with Gasteiger partial charge in [-0.1, -0.05) is 6.08 Å². The van der Waals surface area contributed by atoms with Crippen molar-refractivity contribution in [1.29, 1.82) is 0 Å². The third-order valence-corrected chi connectivity index (χ3v) is 2.99. The van der Waals surface area contributed by atoms with Gasteiger partial charge in [0.2, 0.25) is 0 Å². The average molecular weight is 198 g/mol. The predicted octanol–water partition coefficient (Wildman–Crippen LogP) is 0.0341. The van der Waals surface area contributed by atoms with Gasteiger partial charge in [-0.25, -0.2) is 0 Å². The summed E-state index contributed by atoms with van der Waals surface area (Å²) in [4.78, 5) is 2.18. The molecule has 1 aliphatic rings. The topological polar surface area (TPSA) is 53.3 Å². The third-order valence-electron chi connectivity index (χ3n) is 2.99. The second kappa shape index (κ2) is 4.89. The lowest BCUT2D eigenvalue weighted by Crippen LogP contribution is -2.51. The number of hydrogen-bond donors (Lipinski definition) is 3. The van der Waals surface area contributed by atoms with Crippen LogP contribution in [0.3, 0.4) is 0 Å². The number of nitrogens with two attached hydrogens (primary N) is 1. The second-order valence-electron chi connectivity index (χ2n) is 4.03. The maximum Gasteiger partial charge on any atom is 0.0545 e. The summed E-state index contributed by atoms with van der Waals surface area (Å²) in [6.07, 6.45) is 2.33. The Morgan fingerprint density at radius 1 is 1.57 bits per heavy atom. The van der Waals surface area contributed by atoms with Crippen LogP contribution < -0.4 is 16.6 Å². The van der Waals surface area contributed by atoms with Crippen molar-refractivity contribution in [2.45, 2.75) is 39.0 Å². The largest absolute Gasteiger partial charge is 0.316 e. The van der Waals surface area contributed by atoms with Crippen LogP contribution in [0.4, 0.5) is 0 Å². The predicted molar refractivity (Wildman–Crippen MR) is 59.6 cm³/mol. The van der Waals surface area contributed by atoms with Crippen LogP contribution in [0.2, 0.25) is 0 Å². The molecule has 0 saturated carbocycles. The molecule has 0 spiro atoms. The Hall–Kier alpha value is -0.420. The van der Waals surface area contributed by atoms with Crippen LogP contribution in [-0.4, -0.2) is 36.7 Å². The highest BCUT2D eigenvalue weighted by Gasteiger charge is 2.22. The van der Waals surface area contributed by atoms with E-state index in [0.717, 1.165) is 6.54 Å². The van der Waals surface area contributed by atoms with E-state index in [2.05, 4.69) is 42.7 Å². The second-order valence-corrected chi connectivity index (χ2v) is 4.03. The van der Waals surface area contributed by atoms with Gasteiger partial charge in [0.05, 0.1) is 6.17 Å². The van der Waals surface area contributed by atoms with Crippen LogP contribution >= 0.6 is 0 Å². The summed E-state index contributed by atoms with van der Waals surface area (Å²) in [5.41, 5.74) is 13.6. The highest BCUT2D eigenvalue weighted by atomic mass is 15.4. The quantitative estimate of drug-likeness (QED) is 0.442. The molecule has 4 nitrogen and oxygen atoms in total. The SMILES string of the molecule is CC1NNCC=C1C(C)N(C)C(C)N. The van der Waals surface area contributed by atoms with Crippen molar-refractivity contribution in [1.82, 2.24) is 15.8 Å². The van der Waals surface area contributed by atoms with Crippen molar-refractivity contribution in [2.24, 2.45) is 5.73 Å². The summed E-state index contributed by atoms with van der Waals surface area (Å²) >= 11 is 0. The van der Waals surface area contributed by atoms with Crippen LogP contribution in [0.25, 0.3) is 0 Å². The molecule has 0 aromatic heterocycles. The van der Waals surface area contributed by atoms with Gasteiger partial charge in [-0.3, -0.25) is 15.8 Å². The maximum absolute atomic E-state index is 5.85. The van der Waals surface area contributed by atoms with E-state index in [1.165, 1.54) is 5.57 Å². The Kier molecular flexibility index (Phi) is 4.07. The van der Waals surface area contributed by atoms with Crippen molar-refractivity contribution in [3.63, 3.8) is 0 Å². The zero-order chi connectivity index (χ0) is 10.7. The smallest absolute Gasteiger partial charge is 0.0545 e. The van der Waals surface area contributed by atoms with Crippen LogP contribution in [0, 0.1) is 0 Å². The van der Waals surface area contributed by atoms with Gasteiger partial charge < -0.3 is 5.73 Å². The van der Waals surface area contributed by atoms with Gasteiger partial charge >= 0.3 is 0 Å². The van der Waals surface area contributed by atoms with E-state index in [0.29, 0.717) is 12.1 Å². The molecule has 4 N–H and O–H groups in total. The number of nitrogens with one attached hydrogen (secondary N) is 2. The van der Waals surface area contributed by atoms with Crippen molar-refractivity contribution < 1.29 is 0 Å². The molecule has 14 heavy (non-hydrogen) atoms. The van der Waals surface area contributed by atoms with E-state index in [4.69, 9.17) is 5.73 Å². The van der Waals surface area contributed by atoms with Gasteiger partial charge in [0.1, 0.15) is 0 Å². The maximum atomic E-state index is 5.85. The van der Waals surface area contributed by atoms with E-state index in [1.54, 1.807) is 0 Å². The first-order chi connectivity index (χ1) is 6.54. The molecule has 0 aromatic carbocycles. The lowest BCUT2D eigenvalue weighted by molar-refractivity contribution is 0.212. The van der Waals surface area contributed by atoms with Crippen molar-refractivity contribution in [3.05, 3.63) is 11.6 Å². The molecule has 1 aliphatic heterocycles. The molecular formula is C10H22N4. The van der Waals surface area contributed by atoms with Gasteiger partial charge in [-0.2, -0.15) is 0 Å². The minimum Gasteiger partial charge on any atom is -0.316 e. The molecule has 0 amide bonds. The molecular weight excluding hydrogens is 176 g/mol. The van der Waals surface area contributed by atoms with Crippen molar-refractivity contribution in [2.75, 3.05) is 13.6 Å². The summed E-state index contributed by atoms with van der Waals surface area (Å²) in [6, 6.07) is 0.763. The summed E-state index contributed by atoms with van der Waals surface area (Å²) < 4.78 is 0. The Balaban J connectivity index is 2.67. The summed E-state index contributed by atoms with van der Waals surface area (Å²) in [6.45, 7) is 7.25. The summed E-state index contributed by atoms with van der Waals surface area (Å²) in [5.74, 6) is 0. The molecule has 0 fully saturated rings. The minimum atomic E-state index is 0.0907. The molecule has 4 heteroatoms. The molecule has 1 rings (SSSR count). The summed E-state index contributed by atoms with van der Waals surface area (Å²) in [7, 11) is 2.06. The molecule has 3 unspecified atom stereocenters. The molecule has 0 aliphatic carbocycles. The Bertz CT molecular complexity index is 212. The van der Waals surface area contributed by atoms with Crippen molar-refractivity contribution >= 4 is 0 Å². The number of hydrogen-bond acceptors (Lipinski definition) is 4. The minimum absolute atomic E-state index is 0.0907. The van der Waals surface area contributed by atoms with Crippen LogP contribution in [-0.2, 0) is 0 Å². The lowest BCUT2D eigenvalue weighted by Gasteiger charge is -2.35. The highest BCUT2D eigenvalue weighted by molar-refractivity contribution is 5.18. The monoisotopic (exact) mass is 198 g/mol. The van der Waals surface area contributed by atoms with E-state index >= 15 is 0 Å². The van der Waals surface area contributed by atoms with Crippen LogP contribution in [0.15, 0.2) is 11.6 Å². The van der Waals surface area contributed by atoms with E-state index < -0.39 is 0 Å². The molecule has 0 bridgehead atoms. The zero-order valence-corrected chi connectivity index (χ0v) is 9.54. The molecule has 0 aromatic rings. The summed E-state index contributed by atoms with van der Waals surface area (Å²) in [5, 5.41) is 0. The van der Waals surface area contributed by atoms with Gasteiger partial charge in [0.15, 0.2) is 0 Å². The number of likely N-dealkylation sites (N-methyl/N-ethyl adjacent to an activating group) is 1. The fraction of sp³-hybridized carbons (Fsp3) is 0.800. The van der Waals surface area contributed by atoms with Gasteiger partial charge in [-0.15, -0.1) is 0 Å². The Morgan fingerprint density at radius 2 is 2.21 bits per heavy atom.